The average Bonchev–Trinajstić information content (AvgIpc) is 3.42. The van der Waals surface area contributed by atoms with Gasteiger partial charge in [-0.3, -0.25) is 19.0 Å². The van der Waals surface area contributed by atoms with Crippen LogP contribution in [-0.2, 0) is 17.6 Å². The largest absolute Gasteiger partial charge is 0.329 e. The summed E-state index contributed by atoms with van der Waals surface area (Å²) in [6.45, 7) is 0. The number of ketones is 1. The molecule has 0 amide bonds. The van der Waals surface area contributed by atoms with Gasteiger partial charge in [-0.05, 0) is 46.8 Å². The van der Waals surface area contributed by atoms with Gasteiger partial charge < -0.3 is 4.98 Å². The summed E-state index contributed by atoms with van der Waals surface area (Å²) in [5.41, 5.74) is 2.52. The first-order valence-corrected chi connectivity index (χ1v) is 13.7. The van der Waals surface area contributed by atoms with Gasteiger partial charge in [-0.25, -0.2) is 9.67 Å². The van der Waals surface area contributed by atoms with E-state index >= 15 is 0 Å². The fourth-order valence-corrected chi connectivity index (χ4v) is 5.24. The molecule has 1 N–H and O–H groups in total. The van der Waals surface area contributed by atoms with Crippen molar-refractivity contribution < 1.29 is 4.79 Å². The van der Waals surface area contributed by atoms with E-state index in [0.717, 1.165) is 16.5 Å². The predicted octanol–water partition coefficient (Wildman–Crippen LogP) is 5.23. The molecular formula is C31H22Cl2N6O3. The van der Waals surface area contributed by atoms with Gasteiger partial charge in [0.25, 0.3) is 11.1 Å². The molecule has 6 rings (SSSR count). The van der Waals surface area contributed by atoms with Gasteiger partial charge in [0.05, 0.1) is 23.9 Å². The zero-order valence-corrected chi connectivity index (χ0v) is 23.5. The number of benzene rings is 3. The van der Waals surface area contributed by atoms with Crippen LogP contribution in [0, 0.1) is 0 Å². The van der Waals surface area contributed by atoms with Crippen molar-refractivity contribution in [2.75, 3.05) is 0 Å². The molecule has 0 saturated heterocycles. The summed E-state index contributed by atoms with van der Waals surface area (Å²) in [5, 5.41) is 9.77. The molecule has 208 valence electrons. The zero-order chi connectivity index (χ0) is 29.2. The monoisotopic (exact) mass is 596 g/mol. The number of carbonyl (C=O) groups excluding carboxylic acids is 1. The van der Waals surface area contributed by atoms with E-state index in [1.165, 1.54) is 27.8 Å². The van der Waals surface area contributed by atoms with E-state index in [1.54, 1.807) is 42.6 Å². The Balaban J connectivity index is 1.37. The second kappa shape index (κ2) is 11.6. The number of nitrogens with one attached hydrogen (secondary N) is 1. The Hall–Kier alpha value is -4.86. The first-order valence-electron chi connectivity index (χ1n) is 13.0. The van der Waals surface area contributed by atoms with Crippen molar-refractivity contribution in [3.8, 4) is 16.9 Å². The summed E-state index contributed by atoms with van der Waals surface area (Å²) in [6, 6.07) is 22.2. The minimum Gasteiger partial charge on any atom is -0.329 e. The van der Waals surface area contributed by atoms with E-state index in [1.807, 2.05) is 36.4 Å². The molecule has 6 aromatic rings. The van der Waals surface area contributed by atoms with Crippen LogP contribution < -0.4 is 11.1 Å². The number of H-pyrrole nitrogens is 1. The third-order valence-electron chi connectivity index (χ3n) is 6.98. The van der Waals surface area contributed by atoms with Crippen LogP contribution in [0.25, 0.3) is 27.7 Å². The highest BCUT2D eigenvalue weighted by Crippen LogP contribution is 2.28. The number of hydrogen-bond donors (Lipinski definition) is 1. The third kappa shape index (κ3) is 5.65. The molecule has 42 heavy (non-hydrogen) atoms. The van der Waals surface area contributed by atoms with Crippen molar-refractivity contribution in [1.29, 1.82) is 0 Å². The summed E-state index contributed by atoms with van der Waals surface area (Å²) < 4.78 is 2.83. The summed E-state index contributed by atoms with van der Waals surface area (Å²) in [7, 11) is 0. The van der Waals surface area contributed by atoms with Gasteiger partial charge in [0.2, 0.25) is 0 Å². The van der Waals surface area contributed by atoms with Crippen LogP contribution in [0.4, 0.5) is 0 Å². The predicted molar refractivity (Wildman–Crippen MR) is 161 cm³/mol. The van der Waals surface area contributed by atoms with Crippen LogP contribution in [0.5, 0.6) is 0 Å². The minimum absolute atomic E-state index is 0.0694. The highest BCUT2D eigenvalue weighted by atomic mass is 35.5. The van der Waals surface area contributed by atoms with Crippen molar-refractivity contribution in [2.45, 2.75) is 18.9 Å². The first kappa shape index (κ1) is 27.3. The van der Waals surface area contributed by atoms with Crippen molar-refractivity contribution in [3.63, 3.8) is 0 Å². The number of aromatic amines is 1. The molecule has 0 aliphatic carbocycles. The Kier molecular flexibility index (Phi) is 7.52. The maximum atomic E-state index is 13.8. The standard InChI is InChI=1S/C31H22Cl2N6O3/c32-22-7-9-26(39-17-29(33)36-37-39)24(15-22)25-16-30(41)38(18-35-25)27(13-19-4-2-1-3-5-19)28(40)14-20-6-8-23-21(12-20)10-11-34-31(23)42/h1-12,15-18,27H,13-14H2,(H,34,42)/t27-/m0/s1. The highest BCUT2D eigenvalue weighted by Gasteiger charge is 2.24. The second-order valence-electron chi connectivity index (χ2n) is 9.74. The average molecular weight is 597 g/mol. The molecule has 0 unspecified atom stereocenters. The summed E-state index contributed by atoms with van der Waals surface area (Å²) >= 11 is 12.3. The minimum atomic E-state index is -0.815. The van der Waals surface area contributed by atoms with E-state index in [9.17, 15) is 14.4 Å². The fraction of sp³-hybridized carbons (Fsp3) is 0.0968. The molecule has 0 bridgehead atoms. The number of Topliss-reactive ketones (excluding diaryl/α,β-unsaturated/α-hetero) is 1. The van der Waals surface area contributed by atoms with Crippen LogP contribution >= 0.6 is 23.2 Å². The molecule has 11 heteroatoms. The van der Waals surface area contributed by atoms with Crippen molar-refractivity contribution in [3.05, 3.63) is 140 Å². The number of carbonyl (C=O) groups is 1. The summed E-state index contributed by atoms with van der Waals surface area (Å²) in [4.78, 5) is 46.7. The Morgan fingerprint density at radius 2 is 1.76 bits per heavy atom. The second-order valence-corrected chi connectivity index (χ2v) is 10.6. The van der Waals surface area contributed by atoms with Gasteiger partial charge in [-0.15, -0.1) is 5.10 Å². The maximum absolute atomic E-state index is 13.8. The smallest absolute Gasteiger partial charge is 0.255 e. The number of halogens is 2. The first-order chi connectivity index (χ1) is 20.4. The number of nitrogens with zero attached hydrogens (tertiary/aromatic N) is 5. The number of aromatic nitrogens is 6. The van der Waals surface area contributed by atoms with Gasteiger partial charge in [-0.1, -0.05) is 70.9 Å². The lowest BCUT2D eigenvalue weighted by molar-refractivity contribution is -0.121. The van der Waals surface area contributed by atoms with Crippen LogP contribution in [0.1, 0.15) is 17.2 Å². The lowest BCUT2D eigenvalue weighted by Crippen LogP contribution is -2.32. The topological polar surface area (TPSA) is 116 Å². The Labute approximate surface area is 249 Å². The highest BCUT2D eigenvalue weighted by molar-refractivity contribution is 6.31. The number of fused-ring (bicyclic) bond motifs is 1. The quantitative estimate of drug-likeness (QED) is 0.257. The number of rotatable bonds is 8. The molecule has 1 atom stereocenters. The maximum Gasteiger partial charge on any atom is 0.255 e. The normalized spacial score (nSPS) is 12.0. The number of hydrogen-bond acceptors (Lipinski definition) is 6. The molecular weight excluding hydrogens is 575 g/mol. The molecule has 3 heterocycles. The molecule has 0 radical (unpaired) electrons. The van der Waals surface area contributed by atoms with E-state index in [0.29, 0.717) is 33.8 Å². The third-order valence-corrected chi connectivity index (χ3v) is 7.39. The van der Waals surface area contributed by atoms with Crippen molar-refractivity contribution in [1.82, 2.24) is 29.5 Å². The van der Waals surface area contributed by atoms with E-state index < -0.39 is 11.6 Å². The molecule has 0 saturated carbocycles. The molecule has 3 aromatic carbocycles. The van der Waals surface area contributed by atoms with Gasteiger partial charge in [0, 0.05) is 41.1 Å². The van der Waals surface area contributed by atoms with Crippen LogP contribution in [0.2, 0.25) is 10.2 Å². The van der Waals surface area contributed by atoms with Gasteiger partial charge in [-0.2, -0.15) is 0 Å². The van der Waals surface area contributed by atoms with Gasteiger partial charge >= 0.3 is 0 Å². The van der Waals surface area contributed by atoms with E-state index in [4.69, 9.17) is 23.2 Å². The molecule has 9 nitrogen and oxygen atoms in total. The van der Waals surface area contributed by atoms with Crippen molar-refractivity contribution >= 4 is 39.8 Å². The lowest BCUT2D eigenvalue weighted by atomic mass is 9.96. The van der Waals surface area contributed by atoms with Crippen LogP contribution in [0.3, 0.4) is 0 Å². The Bertz CT molecular complexity index is 2050. The molecule has 0 spiro atoms. The SMILES string of the molecule is O=C(Cc1ccc2c(=O)[nH]ccc2c1)[C@H](Cc1ccccc1)n1cnc(-c2cc(Cl)ccc2-n2cc(Cl)nn2)cc1=O. The zero-order valence-electron chi connectivity index (χ0n) is 21.9. The van der Waals surface area contributed by atoms with E-state index in [-0.39, 0.29) is 22.9 Å². The summed E-state index contributed by atoms with van der Waals surface area (Å²) in [5.74, 6) is -0.166. The molecule has 0 fully saturated rings. The van der Waals surface area contributed by atoms with Gasteiger partial charge in [0.1, 0.15) is 6.04 Å². The van der Waals surface area contributed by atoms with E-state index in [2.05, 4.69) is 20.3 Å². The Morgan fingerprint density at radius 3 is 2.52 bits per heavy atom. The van der Waals surface area contributed by atoms with Crippen LogP contribution in [-0.4, -0.2) is 35.3 Å². The van der Waals surface area contributed by atoms with Crippen LogP contribution in [0.15, 0.2) is 107 Å². The number of pyridine rings is 1. The van der Waals surface area contributed by atoms with Crippen molar-refractivity contribution in [2.24, 2.45) is 0 Å². The molecule has 3 aromatic heterocycles. The fourth-order valence-electron chi connectivity index (χ4n) is 4.94. The Morgan fingerprint density at radius 1 is 0.929 bits per heavy atom. The summed E-state index contributed by atoms with van der Waals surface area (Å²) in [6.07, 6.45) is 4.87. The lowest BCUT2D eigenvalue weighted by Gasteiger charge is -2.19. The molecule has 0 aliphatic heterocycles. The molecule has 0 aliphatic rings. The van der Waals surface area contributed by atoms with Gasteiger partial charge in [0.15, 0.2) is 10.9 Å².